The molecule has 3 aliphatic rings. The van der Waals surface area contributed by atoms with Gasteiger partial charge >= 0.3 is 12.0 Å². The normalized spacial score (nSPS) is 29.3. The number of urea groups is 1. The molecule has 0 aromatic carbocycles. The molecule has 2 amide bonds. The number of ether oxygens (including phenoxy) is 2. The van der Waals surface area contributed by atoms with Gasteiger partial charge in [0, 0.05) is 19.4 Å². The highest BCUT2D eigenvalue weighted by Gasteiger charge is 2.52. The summed E-state index contributed by atoms with van der Waals surface area (Å²) in [5, 5.41) is 4.09. The Morgan fingerprint density at radius 2 is 2.47 bits per heavy atom. The average molecular weight is 268 g/mol. The van der Waals surface area contributed by atoms with Crippen LogP contribution in [0, 0.1) is 0 Å². The molecule has 0 aromatic heterocycles. The Balaban J connectivity index is 1.86. The molecule has 0 aliphatic carbocycles. The van der Waals surface area contributed by atoms with Crippen LogP contribution in [0.5, 0.6) is 0 Å². The van der Waals surface area contributed by atoms with Crippen molar-refractivity contribution in [2.24, 2.45) is 5.10 Å². The summed E-state index contributed by atoms with van der Waals surface area (Å²) in [4.78, 5) is 26.9. The van der Waals surface area contributed by atoms with E-state index in [1.807, 2.05) is 0 Å². The summed E-state index contributed by atoms with van der Waals surface area (Å²) in [5.41, 5.74) is 2.83. The van der Waals surface area contributed by atoms with Gasteiger partial charge in [-0.3, -0.25) is 9.69 Å². The average Bonchev–Trinajstić information content (AvgIpc) is 3.10. The van der Waals surface area contributed by atoms with Crippen molar-refractivity contribution < 1.29 is 19.1 Å². The summed E-state index contributed by atoms with van der Waals surface area (Å²) in [5.74, 6) is 0.288. The standard InChI is InChI=1S/C11H16N4O4/c1-2-9(16)19-10-7-5-18-6-14(7)11(17)15(10)8-3-4-12-13-8/h7,10,12H,2-6H2,1H3. The Morgan fingerprint density at radius 3 is 3.16 bits per heavy atom. The van der Waals surface area contributed by atoms with Gasteiger partial charge in [-0.05, 0) is 0 Å². The number of nitrogens with one attached hydrogen (secondary N) is 1. The highest BCUT2D eigenvalue weighted by Crippen LogP contribution is 2.29. The zero-order valence-corrected chi connectivity index (χ0v) is 10.7. The Labute approximate surface area is 110 Å². The van der Waals surface area contributed by atoms with E-state index in [-0.39, 0.29) is 31.2 Å². The van der Waals surface area contributed by atoms with Crippen molar-refractivity contribution in [1.29, 1.82) is 0 Å². The number of esters is 1. The van der Waals surface area contributed by atoms with Gasteiger partial charge in [-0.15, -0.1) is 0 Å². The molecular weight excluding hydrogens is 252 g/mol. The second-order valence-electron chi connectivity index (χ2n) is 4.61. The van der Waals surface area contributed by atoms with Crippen LogP contribution in [0.4, 0.5) is 4.79 Å². The van der Waals surface area contributed by atoms with Crippen molar-refractivity contribution in [3.8, 4) is 0 Å². The fraction of sp³-hybridized carbons (Fsp3) is 0.727. The highest BCUT2D eigenvalue weighted by atomic mass is 16.6. The number of carbonyl (C=O) groups excluding carboxylic acids is 2. The molecule has 0 radical (unpaired) electrons. The number of amides is 2. The number of rotatable bonds is 2. The summed E-state index contributed by atoms with van der Waals surface area (Å²) >= 11 is 0. The molecule has 0 bridgehead atoms. The minimum Gasteiger partial charge on any atom is -0.439 e. The van der Waals surface area contributed by atoms with Gasteiger partial charge in [0.05, 0.1) is 6.61 Å². The van der Waals surface area contributed by atoms with E-state index < -0.39 is 6.23 Å². The number of hydrogen-bond donors (Lipinski definition) is 1. The van der Waals surface area contributed by atoms with E-state index in [1.54, 1.807) is 11.8 Å². The predicted molar refractivity (Wildman–Crippen MR) is 63.9 cm³/mol. The summed E-state index contributed by atoms with van der Waals surface area (Å²) in [7, 11) is 0. The molecule has 0 saturated carbocycles. The molecule has 2 atom stereocenters. The maximum atomic E-state index is 12.3. The van der Waals surface area contributed by atoms with Crippen LogP contribution in [0.25, 0.3) is 0 Å². The fourth-order valence-electron chi connectivity index (χ4n) is 2.46. The molecule has 8 heteroatoms. The van der Waals surface area contributed by atoms with Gasteiger partial charge < -0.3 is 14.9 Å². The molecule has 0 aromatic rings. The first-order valence-electron chi connectivity index (χ1n) is 6.39. The first kappa shape index (κ1) is 12.2. The molecule has 3 heterocycles. The van der Waals surface area contributed by atoms with E-state index in [4.69, 9.17) is 9.47 Å². The molecule has 0 spiro atoms. The van der Waals surface area contributed by atoms with Gasteiger partial charge in [0.2, 0.25) is 6.23 Å². The molecule has 2 unspecified atom stereocenters. The maximum Gasteiger partial charge on any atom is 0.330 e. The van der Waals surface area contributed by atoms with E-state index in [0.717, 1.165) is 0 Å². The van der Waals surface area contributed by atoms with E-state index in [9.17, 15) is 9.59 Å². The third-order valence-corrected chi connectivity index (χ3v) is 3.44. The lowest BCUT2D eigenvalue weighted by molar-refractivity contribution is -0.154. The van der Waals surface area contributed by atoms with Gasteiger partial charge in [0.25, 0.3) is 0 Å². The molecule has 19 heavy (non-hydrogen) atoms. The van der Waals surface area contributed by atoms with Crippen molar-refractivity contribution in [3.05, 3.63) is 0 Å². The van der Waals surface area contributed by atoms with Crippen LogP contribution in [-0.4, -0.2) is 59.8 Å². The first-order chi connectivity index (χ1) is 9.22. The summed E-state index contributed by atoms with van der Waals surface area (Å²) in [6.07, 6.45) is 0.283. The van der Waals surface area contributed by atoms with E-state index in [0.29, 0.717) is 25.4 Å². The van der Waals surface area contributed by atoms with Crippen LogP contribution in [0.3, 0.4) is 0 Å². The van der Waals surface area contributed by atoms with Crippen molar-refractivity contribution in [2.45, 2.75) is 32.0 Å². The van der Waals surface area contributed by atoms with Crippen LogP contribution in [0.2, 0.25) is 0 Å². The SMILES string of the molecule is CCC(=O)OC1C2COCN2C(=O)N1C1=NNCC1. The topological polar surface area (TPSA) is 83.5 Å². The number of hydrogen-bond acceptors (Lipinski definition) is 6. The van der Waals surface area contributed by atoms with Gasteiger partial charge in [0.1, 0.15) is 18.6 Å². The van der Waals surface area contributed by atoms with Crippen LogP contribution in [0.15, 0.2) is 5.10 Å². The van der Waals surface area contributed by atoms with Crippen molar-refractivity contribution in [2.75, 3.05) is 19.9 Å². The summed E-state index contributed by atoms with van der Waals surface area (Å²) < 4.78 is 10.7. The molecule has 2 fully saturated rings. The third-order valence-electron chi connectivity index (χ3n) is 3.44. The lowest BCUT2D eigenvalue weighted by Gasteiger charge is -2.24. The quantitative estimate of drug-likeness (QED) is 0.693. The van der Waals surface area contributed by atoms with Gasteiger partial charge in [-0.2, -0.15) is 5.10 Å². The first-order valence-corrected chi connectivity index (χ1v) is 6.39. The smallest absolute Gasteiger partial charge is 0.330 e. The van der Waals surface area contributed by atoms with E-state index in [1.165, 1.54) is 4.90 Å². The second kappa shape index (κ2) is 4.69. The maximum absolute atomic E-state index is 12.3. The summed E-state index contributed by atoms with van der Waals surface area (Å²) in [6.45, 7) is 3.03. The zero-order valence-electron chi connectivity index (χ0n) is 10.7. The Bertz CT molecular complexity index is 438. The number of amidine groups is 1. The number of hydrazone groups is 1. The van der Waals surface area contributed by atoms with Gasteiger partial charge in [0.15, 0.2) is 0 Å². The van der Waals surface area contributed by atoms with Crippen LogP contribution < -0.4 is 5.43 Å². The van der Waals surface area contributed by atoms with Gasteiger partial charge in [-0.25, -0.2) is 9.69 Å². The molecular formula is C11H16N4O4. The predicted octanol–water partition coefficient (Wildman–Crippen LogP) is -0.334. The number of fused-ring (bicyclic) bond motifs is 1. The van der Waals surface area contributed by atoms with Crippen molar-refractivity contribution >= 4 is 17.8 Å². The Hall–Kier alpha value is -1.83. The zero-order chi connectivity index (χ0) is 13.4. The lowest BCUT2D eigenvalue weighted by atomic mass is 10.2. The Morgan fingerprint density at radius 1 is 1.63 bits per heavy atom. The van der Waals surface area contributed by atoms with E-state index >= 15 is 0 Å². The molecule has 104 valence electrons. The monoisotopic (exact) mass is 268 g/mol. The Kier molecular flexibility index (Phi) is 3.02. The number of nitrogens with zero attached hydrogens (tertiary/aromatic N) is 3. The minimum absolute atomic E-state index is 0.209. The van der Waals surface area contributed by atoms with Crippen LogP contribution in [0.1, 0.15) is 19.8 Å². The van der Waals surface area contributed by atoms with Crippen molar-refractivity contribution in [1.82, 2.24) is 15.2 Å². The number of carbonyl (C=O) groups is 2. The highest BCUT2D eigenvalue weighted by molar-refractivity contribution is 6.00. The molecule has 1 N–H and O–H groups in total. The largest absolute Gasteiger partial charge is 0.439 e. The van der Waals surface area contributed by atoms with E-state index in [2.05, 4.69) is 10.5 Å². The van der Waals surface area contributed by atoms with Gasteiger partial charge in [-0.1, -0.05) is 6.92 Å². The summed E-state index contributed by atoms with van der Waals surface area (Å²) in [6, 6.07) is -0.454. The molecule has 3 aliphatic heterocycles. The molecule has 3 rings (SSSR count). The molecule has 8 nitrogen and oxygen atoms in total. The minimum atomic E-state index is -0.638. The molecule has 2 saturated heterocycles. The van der Waals surface area contributed by atoms with Crippen LogP contribution in [-0.2, 0) is 14.3 Å². The second-order valence-corrected chi connectivity index (χ2v) is 4.61. The fourth-order valence-corrected chi connectivity index (χ4v) is 2.46. The lowest BCUT2D eigenvalue weighted by Crippen LogP contribution is -2.44. The van der Waals surface area contributed by atoms with Crippen LogP contribution >= 0.6 is 0 Å². The third kappa shape index (κ3) is 1.92. The van der Waals surface area contributed by atoms with Crippen molar-refractivity contribution in [3.63, 3.8) is 0 Å².